The van der Waals surface area contributed by atoms with Crippen LogP contribution in [0.1, 0.15) is 0 Å². The van der Waals surface area contributed by atoms with E-state index >= 15 is 0 Å². The number of amides is 3. The van der Waals surface area contributed by atoms with Gasteiger partial charge >= 0.3 is 12.1 Å². The third-order valence-corrected chi connectivity index (χ3v) is 1.05. The van der Waals surface area contributed by atoms with Gasteiger partial charge in [0.2, 0.25) is 0 Å². The second kappa shape index (κ2) is 6.26. The van der Waals surface area contributed by atoms with E-state index in [9.17, 15) is 9.59 Å². The Morgan fingerprint density at radius 3 is 2.42 bits per heavy atom. The van der Waals surface area contributed by atoms with Gasteiger partial charge in [0.15, 0.2) is 0 Å². The number of nitrogens with one attached hydrogen (secondary N) is 3. The second-order valence-corrected chi connectivity index (χ2v) is 1.89. The lowest BCUT2D eigenvalue weighted by atomic mass is 10.7. The molecule has 0 fully saturated rings. The highest BCUT2D eigenvalue weighted by Gasteiger charge is 1.97. The molecule has 0 aromatic rings. The Hall–Kier alpha value is -1.46. The molecule has 6 heteroatoms. The molecule has 6 nitrogen and oxygen atoms in total. The van der Waals surface area contributed by atoms with Crippen molar-refractivity contribution in [2.24, 2.45) is 0 Å². The number of carbonyl (C=O) groups is 2. The van der Waals surface area contributed by atoms with Gasteiger partial charge in [0.25, 0.3) is 0 Å². The first-order chi connectivity index (χ1) is 5.70. The molecule has 0 saturated heterocycles. The van der Waals surface area contributed by atoms with Crippen molar-refractivity contribution < 1.29 is 14.3 Å². The van der Waals surface area contributed by atoms with Crippen LogP contribution in [0.3, 0.4) is 0 Å². The van der Waals surface area contributed by atoms with Crippen LogP contribution in [0.2, 0.25) is 0 Å². The Bertz CT molecular complexity index is 142. The lowest BCUT2D eigenvalue weighted by molar-refractivity contribution is 0.149. The molecule has 0 aliphatic carbocycles. The van der Waals surface area contributed by atoms with E-state index in [1.54, 1.807) is 0 Å². The first-order valence-corrected chi connectivity index (χ1v) is 3.50. The predicted molar refractivity (Wildman–Crippen MR) is 42.9 cm³/mol. The number of rotatable bonds is 3. The zero-order chi connectivity index (χ0) is 9.40. The summed E-state index contributed by atoms with van der Waals surface area (Å²) in [5, 5.41) is 7.10. The van der Waals surface area contributed by atoms with Crippen molar-refractivity contribution in [1.82, 2.24) is 16.0 Å². The van der Waals surface area contributed by atoms with Gasteiger partial charge in [-0.2, -0.15) is 0 Å². The van der Waals surface area contributed by atoms with Crippen LogP contribution in [0.4, 0.5) is 9.59 Å². The van der Waals surface area contributed by atoms with Crippen LogP contribution in [0.5, 0.6) is 0 Å². The van der Waals surface area contributed by atoms with E-state index < -0.39 is 6.09 Å². The molecule has 0 aliphatic rings. The molecule has 0 rings (SSSR count). The number of hydrogen-bond donors (Lipinski definition) is 3. The normalized spacial score (nSPS) is 8.50. The predicted octanol–water partition coefficient (Wildman–Crippen LogP) is -0.729. The summed E-state index contributed by atoms with van der Waals surface area (Å²) in [4.78, 5) is 21.0. The third kappa shape index (κ3) is 5.33. The summed E-state index contributed by atoms with van der Waals surface area (Å²) in [6.45, 7) is 0.459. The molecule has 0 heterocycles. The number of hydrogen-bond acceptors (Lipinski definition) is 3. The van der Waals surface area contributed by atoms with Crippen molar-refractivity contribution in [2.45, 2.75) is 0 Å². The van der Waals surface area contributed by atoms with Gasteiger partial charge < -0.3 is 20.7 Å². The standard InChI is InChI=1S/C6H13N3O3/c1-7-5(10)9-3-4-12-6(11)8-2/h3-4H2,1-2H3,(H,8,11)(H2,7,9,10). The van der Waals surface area contributed by atoms with Gasteiger partial charge in [-0.05, 0) is 0 Å². The summed E-state index contributed by atoms with van der Waals surface area (Å²) in [6, 6.07) is -0.296. The SMILES string of the molecule is CNC(=O)NCCOC(=O)NC. The highest BCUT2D eigenvalue weighted by Crippen LogP contribution is 1.73. The summed E-state index contributed by atoms with van der Waals surface area (Å²) < 4.78 is 4.59. The Balaban J connectivity index is 3.21. The van der Waals surface area contributed by atoms with Gasteiger partial charge in [-0.15, -0.1) is 0 Å². The van der Waals surface area contributed by atoms with Crippen LogP contribution in [0, 0.1) is 0 Å². The summed E-state index contributed by atoms with van der Waals surface area (Å²) in [7, 11) is 2.98. The largest absolute Gasteiger partial charge is 0.448 e. The van der Waals surface area contributed by atoms with E-state index in [4.69, 9.17) is 0 Å². The van der Waals surface area contributed by atoms with Crippen LogP contribution in [0.25, 0.3) is 0 Å². The molecule has 0 atom stereocenters. The minimum Gasteiger partial charge on any atom is -0.448 e. The Kier molecular flexibility index (Phi) is 5.50. The fourth-order valence-corrected chi connectivity index (χ4v) is 0.469. The summed E-state index contributed by atoms with van der Waals surface area (Å²) in [6.07, 6.45) is -0.506. The molecule has 0 aliphatic heterocycles. The van der Waals surface area contributed by atoms with E-state index in [-0.39, 0.29) is 12.6 Å². The van der Waals surface area contributed by atoms with E-state index in [0.29, 0.717) is 6.54 Å². The zero-order valence-electron chi connectivity index (χ0n) is 7.14. The Labute approximate surface area is 70.7 Å². The molecule has 0 radical (unpaired) electrons. The monoisotopic (exact) mass is 175 g/mol. The first kappa shape index (κ1) is 10.5. The highest BCUT2D eigenvalue weighted by molar-refractivity contribution is 5.73. The highest BCUT2D eigenvalue weighted by atomic mass is 16.5. The van der Waals surface area contributed by atoms with E-state index in [1.807, 2.05) is 0 Å². The van der Waals surface area contributed by atoms with Crippen molar-refractivity contribution in [3.05, 3.63) is 0 Å². The smallest absolute Gasteiger partial charge is 0.406 e. The molecule has 0 unspecified atom stereocenters. The van der Waals surface area contributed by atoms with Crippen molar-refractivity contribution in [2.75, 3.05) is 27.2 Å². The number of alkyl carbamates (subject to hydrolysis) is 1. The Morgan fingerprint density at radius 1 is 1.25 bits per heavy atom. The molecular formula is C6H13N3O3. The van der Waals surface area contributed by atoms with Crippen molar-refractivity contribution in [1.29, 1.82) is 0 Å². The average Bonchev–Trinajstić information content (AvgIpc) is 2.11. The molecule has 12 heavy (non-hydrogen) atoms. The number of ether oxygens (including phenoxy) is 1. The Morgan fingerprint density at radius 2 is 1.92 bits per heavy atom. The minimum absolute atomic E-state index is 0.160. The molecule has 0 bridgehead atoms. The lowest BCUT2D eigenvalue weighted by Crippen LogP contribution is -2.35. The third-order valence-electron chi connectivity index (χ3n) is 1.05. The second-order valence-electron chi connectivity index (χ2n) is 1.89. The number of urea groups is 1. The van der Waals surface area contributed by atoms with Crippen LogP contribution in [0.15, 0.2) is 0 Å². The minimum atomic E-state index is -0.506. The molecule has 70 valence electrons. The molecule has 0 saturated carbocycles. The van der Waals surface area contributed by atoms with Gasteiger partial charge in [0, 0.05) is 14.1 Å². The van der Waals surface area contributed by atoms with Gasteiger partial charge in [0.1, 0.15) is 6.61 Å². The van der Waals surface area contributed by atoms with Gasteiger partial charge in [-0.25, -0.2) is 9.59 Å². The fourth-order valence-electron chi connectivity index (χ4n) is 0.469. The number of carbonyl (C=O) groups excluding carboxylic acids is 2. The van der Waals surface area contributed by atoms with Gasteiger partial charge in [-0.3, -0.25) is 0 Å². The van der Waals surface area contributed by atoms with E-state index in [1.165, 1.54) is 14.1 Å². The van der Waals surface area contributed by atoms with Gasteiger partial charge in [-0.1, -0.05) is 0 Å². The molecule has 0 aromatic carbocycles. The molecule has 3 amide bonds. The van der Waals surface area contributed by atoms with E-state index in [0.717, 1.165) is 0 Å². The lowest BCUT2D eigenvalue weighted by Gasteiger charge is -2.04. The van der Waals surface area contributed by atoms with Crippen LogP contribution in [-0.4, -0.2) is 39.4 Å². The molecule has 0 spiro atoms. The van der Waals surface area contributed by atoms with Gasteiger partial charge in [0.05, 0.1) is 6.54 Å². The average molecular weight is 175 g/mol. The maximum absolute atomic E-state index is 10.5. The van der Waals surface area contributed by atoms with Crippen LogP contribution < -0.4 is 16.0 Å². The van der Waals surface area contributed by atoms with Crippen molar-refractivity contribution in [3.8, 4) is 0 Å². The van der Waals surface area contributed by atoms with Crippen molar-refractivity contribution >= 4 is 12.1 Å². The van der Waals surface area contributed by atoms with Crippen LogP contribution in [-0.2, 0) is 4.74 Å². The topological polar surface area (TPSA) is 79.5 Å². The molecule has 3 N–H and O–H groups in total. The first-order valence-electron chi connectivity index (χ1n) is 3.50. The molecule has 0 aromatic heterocycles. The van der Waals surface area contributed by atoms with E-state index in [2.05, 4.69) is 20.7 Å². The molecular weight excluding hydrogens is 162 g/mol. The van der Waals surface area contributed by atoms with Crippen molar-refractivity contribution in [3.63, 3.8) is 0 Å². The zero-order valence-corrected chi connectivity index (χ0v) is 7.14. The fraction of sp³-hybridized carbons (Fsp3) is 0.667. The maximum Gasteiger partial charge on any atom is 0.406 e. The summed E-state index contributed by atoms with van der Waals surface area (Å²) in [5.41, 5.74) is 0. The quantitative estimate of drug-likeness (QED) is 0.495. The summed E-state index contributed by atoms with van der Waals surface area (Å²) in [5.74, 6) is 0. The maximum atomic E-state index is 10.5. The summed E-state index contributed by atoms with van der Waals surface area (Å²) >= 11 is 0. The van der Waals surface area contributed by atoms with Crippen LogP contribution >= 0.6 is 0 Å².